The molecule has 0 bridgehead atoms. The van der Waals surface area contributed by atoms with Crippen molar-refractivity contribution in [3.05, 3.63) is 47.2 Å². The van der Waals surface area contributed by atoms with Crippen molar-refractivity contribution in [1.29, 1.82) is 0 Å². The highest BCUT2D eigenvalue weighted by atomic mass is 32.2. The van der Waals surface area contributed by atoms with Crippen LogP contribution in [0.2, 0.25) is 0 Å². The van der Waals surface area contributed by atoms with Crippen molar-refractivity contribution in [3.8, 4) is 5.75 Å². The van der Waals surface area contributed by atoms with Gasteiger partial charge in [0.2, 0.25) is 0 Å². The molecular formula is C18H16F3NO5S. The van der Waals surface area contributed by atoms with Crippen LogP contribution < -0.4 is 4.18 Å². The van der Waals surface area contributed by atoms with E-state index in [0.29, 0.717) is 12.0 Å². The average molecular weight is 415 g/mol. The van der Waals surface area contributed by atoms with E-state index in [1.165, 1.54) is 18.2 Å². The van der Waals surface area contributed by atoms with Gasteiger partial charge in [-0.1, -0.05) is 6.08 Å². The molecule has 28 heavy (non-hydrogen) atoms. The van der Waals surface area contributed by atoms with E-state index < -0.39 is 27.3 Å². The first kappa shape index (κ1) is 18.9. The summed E-state index contributed by atoms with van der Waals surface area (Å²) in [6, 6.07) is 4.02. The number of aliphatic carboxylic acids is 1. The minimum absolute atomic E-state index is 0.234. The highest BCUT2D eigenvalue weighted by Crippen LogP contribution is 2.51. The van der Waals surface area contributed by atoms with Crippen LogP contribution in [0.4, 0.5) is 13.2 Å². The Hall–Kier alpha value is -2.49. The molecule has 1 aromatic rings. The summed E-state index contributed by atoms with van der Waals surface area (Å²) in [5.74, 6) is -1.38. The summed E-state index contributed by atoms with van der Waals surface area (Å²) in [7, 11) is -5.74. The SMILES string of the molecule is O=C(O)C1=CN2C(=CC1)c1ccc(OS(=O)(=O)C(F)(F)F)cc1CC21CCC1. The molecule has 10 heteroatoms. The fourth-order valence-corrected chi connectivity index (χ4v) is 4.44. The second-order valence-electron chi connectivity index (χ2n) is 7.18. The maximum atomic E-state index is 12.6. The average Bonchev–Trinajstić information content (AvgIpc) is 2.57. The Bertz CT molecular complexity index is 1020. The molecule has 0 radical (unpaired) electrons. The summed E-state index contributed by atoms with van der Waals surface area (Å²) in [5, 5.41) is 9.31. The number of hydrogen-bond acceptors (Lipinski definition) is 5. The molecule has 3 aliphatic rings. The summed E-state index contributed by atoms with van der Waals surface area (Å²) in [4.78, 5) is 13.3. The van der Waals surface area contributed by atoms with Gasteiger partial charge in [-0.25, -0.2) is 4.79 Å². The van der Waals surface area contributed by atoms with Gasteiger partial charge in [0.1, 0.15) is 5.75 Å². The molecule has 1 spiro atoms. The first-order valence-electron chi connectivity index (χ1n) is 8.60. The molecular weight excluding hydrogens is 399 g/mol. The number of carbonyl (C=O) groups is 1. The molecule has 1 N–H and O–H groups in total. The van der Waals surface area contributed by atoms with Crippen LogP contribution in [-0.2, 0) is 21.3 Å². The van der Waals surface area contributed by atoms with Crippen molar-refractivity contribution in [2.45, 2.75) is 43.2 Å². The molecule has 0 aromatic heterocycles. The van der Waals surface area contributed by atoms with E-state index in [9.17, 15) is 31.5 Å². The molecule has 0 unspecified atom stereocenters. The van der Waals surface area contributed by atoms with Crippen LogP contribution >= 0.6 is 0 Å². The number of alkyl halides is 3. The number of benzene rings is 1. The normalized spacial score (nSPS) is 20.5. The minimum Gasteiger partial charge on any atom is -0.478 e. The number of hydrogen-bond donors (Lipinski definition) is 1. The summed E-state index contributed by atoms with van der Waals surface area (Å²) < 4.78 is 64.6. The number of allylic oxidation sites excluding steroid dienone is 1. The van der Waals surface area contributed by atoms with Crippen LogP contribution in [0, 0.1) is 0 Å². The highest BCUT2D eigenvalue weighted by Gasteiger charge is 2.50. The standard InChI is InChI=1S/C18H16F3NO5S/c19-18(20,21)28(25,26)27-13-3-4-14-12(8-13)9-17(6-1-7-17)22-10-11(16(23)24)2-5-15(14)22/h3-5,8,10H,1-2,6-7,9H2,(H,23,24). The van der Waals surface area contributed by atoms with Gasteiger partial charge >= 0.3 is 21.6 Å². The van der Waals surface area contributed by atoms with E-state index in [1.54, 1.807) is 12.3 Å². The maximum Gasteiger partial charge on any atom is 0.534 e. The number of nitrogens with zero attached hydrogens (tertiary/aromatic N) is 1. The Kier molecular flexibility index (Phi) is 4.04. The third kappa shape index (κ3) is 2.86. The Morgan fingerprint density at radius 2 is 1.96 bits per heavy atom. The van der Waals surface area contributed by atoms with Gasteiger partial charge in [-0.05, 0) is 49.4 Å². The first-order chi connectivity index (χ1) is 13.0. The van der Waals surface area contributed by atoms with Gasteiger partial charge in [0, 0.05) is 29.4 Å². The molecule has 4 rings (SSSR count). The highest BCUT2D eigenvalue weighted by molar-refractivity contribution is 7.88. The molecule has 1 aliphatic carbocycles. The van der Waals surface area contributed by atoms with Crippen LogP contribution in [0.5, 0.6) is 5.75 Å². The summed E-state index contributed by atoms with van der Waals surface area (Å²) >= 11 is 0. The predicted octanol–water partition coefficient (Wildman–Crippen LogP) is 3.41. The number of carboxylic acids is 1. The Morgan fingerprint density at radius 3 is 2.54 bits per heavy atom. The largest absolute Gasteiger partial charge is 0.534 e. The fraction of sp³-hybridized carbons (Fsp3) is 0.389. The lowest BCUT2D eigenvalue weighted by molar-refractivity contribution is -0.132. The van der Waals surface area contributed by atoms with Gasteiger partial charge in [0.05, 0.1) is 5.57 Å². The van der Waals surface area contributed by atoms with Crippen molar-refractivity contribution < 1.29 is 35.7 Å². The second kappa shape index (κ2) is 6.00. The van der Waals surface area contributed by atoms with Gasteiger partial charge in [-0.2, -0.15) is 21.6 Å². The predicted molar refractivity (Wildman–Crippen MR) is 92.5 cm³/mol. The number of halogens is 3. The quantitative estimate of drug-likeness (QED) is 0.602. The third-order valence-electron chi connectivity index (χ3n) is 5.49. The van der Waals surface area contributed by atoms with Crippen LogP contribution in [0.25, 0.3) is 5.70 Å². The fourth-order valence-electron chi connectivity index (χ4n) is 3.99. The second-order valence-corrected chi connectivity index (χ2v) is 8.72. The van der Waals surface area contributed by atoms with Crippen molar-refractivity contribution in [3.63, 3.8) is 0 Å². The van der Waals surface area contributed by atoms with Gasteiger partial charge in [-0.3, -0.25) is 0 Å². The monoisotopic (exact) mass is 415 g/mol. The lowest BCUT2D eigenvalue weighted by Gasteiger charge is -2.55. The summed E-state index contributed by atoms with van der Waals surface area (Å²) in [6.07, 6.45) is 6.68. The smallest absolute Gasteiger partial charge is 0.478 e. The van der Waals surface area contributed by atoms with Crippen molar-refractivity contribution in [1.82, 2.24) is 4.90 Å². The molecule has 0 amide bonds. The molecule has 0 atom stereocenters. The van der Waals surface area contributed by atoms with Gasteiger partial charge < -0.3 is 14.2 Å². The molecule has 2 heterocycles. The van der Waals surface area contributed by atoms with Crippen molar-refractivity contribution in [2.24, 2.45) is 0 Å². The maximum absolute atomic E-state index is 12.6. The molecule has 150 valence electrons. The molecule has 1 aromatic carbocycles. The van der Waals surface area contributed by atoms with E-state index >= 15 is 0 Å². The zero-order valence-corrected chi connectivity index (χ0v) is 15.3. The summed E-state index contributed by atoms with van der Waals surface area (Å²) in [6.45, 7) is 0. The zero-order chi connectivity index (χ0) is 20.3. The minimum atomic E-state index is -5.74. The lowest BCUT2D eigenvalue weighted by Crippen LogP contribution is -2.55. The van der Waals surface area contributed by atoms with Gasteiger partial charge in [0.25, 0.3) is 0 Å². The zero-order valence-electron chi connectivity index (χ0n) is 14.5. The Balaban J connectivity index is 1.73. The summed E-state index contributed by atoms with van der Waals surface area (Å²) in [5.41, 5.74) is -3.37. The topological polar surface area (TPSA) is 83.9 Å². The van der Waals surface area contributed by atoms with E-state index in [4.69, 9.17) is 0 Å². The first-order valence-corrected chi connectivity index (χ1v) is 10.0. The van der Waals surface area contributed by atoms with E-state index in [1.807, 2.05) is 4.90 Å². The molecule has 1 saturated carbocycles. The number of rotatable bonds is 3. The van der Waals surface area contributed by atoms with Crippen LogP contribution in [0.1, 0.15) is 36.8 Å². The molecule has 2 aliphatic heterocycles. The van der Waals surface area contributed by atoms with Crippen LogP contribution in [0.3, 0.4) is 0 Å². The molecule has 6 nitrogen and oxygen atoms in total. The van der Waals surface area contributed by atoms with E-state index in [0.717, 1.165) is 30.5 Å². The molecule has 1 fully saturated rings. The van der Waals surface area contributed by atoms with Gasteiger partial charge in [0.15, 0.2) is 0 Å². The Morgan fingerprint density at radius 1 is 1.25 bits per heavy atom. The van der Waals surface area contributed by atoms with Crippen LogP contribution in [-0.4, -0.2) is 35.4 Å². The lowest BCUT2D eigenvalue weighted by atomic mass is 9.67. The van der Waals surface area contributed by atoms with Crippen LogP contribution in [0.15, 0.2) is 36.0 Å². The van der Waals surface area contributed by atoms with E-state index in [-0.39, 0.29) is 17.5 Å². The number of carboxylic acid groups (broad SMARTS) is 1. The van der Waals surface area contributed by atoms with E-state index in [2.05, 4.69) is 4.18 Å². The third-order valence-corrected chi connectivity index (χ3v) is 6.47. The van der Waals surface area contributed by atoms with Crippen molar-refractivity contribution in [2.75, 3.05) is 0 Å². The molecule has 0 saturated heterocycles. The van der Waals surface area contributed by atoms with Crippen molar-refractivity contribution >= 4 is 21.8 Å². The van der Waals surface area contributed by atoms with Gasteiger partial charge in [-0.15, -0.1) is 0 Å². The number of fused-ring (bicyclic) bond motifs is 4. The Labute approximate surface area is 159 Å².